The maximum Gasteiger partial charge on any atom is 0.276 e. The number of anilines is 1. The Hall–Kier alpha value is -3.48. The Bertz CT molecular complexity index is 1230. The van der Waals surface area contributed by atoms with E-state index in [0.29, 0.717) is 29.4 Å². The van der Waals surface area contributed by atoms with Crippen molar-refractivity contribution in [3.05, 3.63) is 54.2 Å². The van der Waals surface area contributed by atoms with Gasteiger partial charge in [0.2, 0.25) is 5.91 Å². The van der Waals surface area contributed by atoms with Crippen LogP contribution in [-0.2, 0) is 11.3 Å². The lowest BCUT2D eigenvalue weighted by Crippen LogP contribution is -2.65. The number of carbonyl (C=O) groups excluding carboxylic acids is 2. The summed E-state index contributed by atoms with van der Waals surface area (Å²) in [6, 6.07) is 15.2. The number of fused-ring (bicyclic) bond motifs is 3. The van der Waals surface area contributed by atoms with E-state index >= 15 is 0 Å². The summed E-state index contributed by atoms with van der Waals surface area (Å²) in [7, 11) is 3.14. The first-order chi connectivity index (χ1) is 16.0. The monoisotopic (exact) mass is 447 g/mol. The summed E-state index contributed by atoms with van der Waals surface area (Å²) >= 11 is 0. The second-order valence-corrected chi connectivity index (χ2v) is 9.08. The zero-order valence-electron chi connectivity index (χ0n) is 19.3. The number of carbonyl (C=O) groups is 2. The van der Waals surface area contributed by atoms with Gasteiger partial charge >= 0.3 is 0 Å². The van der Waals surface area contributed by atoms with Crippen molar-refractivity contribution in [2.45, 2.75) is 50.7 Å². The van der Waals surface area contributed by atoms with E-state index in [9.17, 15) is 9.59 Å². The van der Waals surface area contributed by atoms with Crippen LogP contribution in [0.5, 0.6) is 11.5 Å². The Kier molecular flexibility index (Phi) is 5.27. The van der Waals surface area contributed by atoms with Gasteiger partial charge in [0, 0.05) is 23.0 Å². The molecular formula is C26H29N3O4. The molecule has 1 aromatic heterocycles. The number of amides is 2. The van der Waals surface area contributed by atoms with Crippen molar-refractivity contribution in [3.8, 4) is 11.5 Å². The topological polar surface area (TPSA) is 72.8 Å². The Labute approximate surface area is 193 Å². The molecule has 1 saturated carbocycles. The molecule has 0 saturated heterocycles. The molecule has 1 N–H and O–H groups in total. The van der Waals surface area contributed by atoms with E-state index in [1.165, 1.54) is 0 Å². The maximum absolute atomic E-state index is 14.0. The van der Waals surface area contributed by atoms with E-state index in [4.69, 9.17) is 9.47 Å². The molecule has 1 aliphatic carbocycles. The largest absolute Gasteiger partial charge is 0.497 e. The number of rotatable bonds is 5. The van der Waals surface area contributed by atoms with Gasteiger partial charge in [-0.2, -0.15) is 0 Å². The molecule has 5 rings (SSSR count). The second-order valence-electron chi connectivity index (χ2n) is 9.08. The zero-order chi connectivity index (χ0) is 23.2. The molecule has 0 spiro atoms. The number of nitrogens with one attached hydrogen (secondary N) is 1. The van der Waals surface area contributed by atoms with E-state index in [-0.39, 0.29) is 17.9 Å². The molecule has 3 aromatic rings. The molecule has 0 unspecified atom stereocenters. The summed E-state index contributed by atoms with van der Waals surface area (Å²) in [6.07, 6.45) is 4.16. The van der Waals surface area contributed by atoms with Crippen LogP contribution in [0.4, 0.5) is 5.69 Å². The summed E-state index contributed by atoms with van der Waals surface area (Å²) in [5.74, 6) is 0.695. The third-order valence-corrected chi connectivity index (χ3v) is 7.00. The molecule has 0 bridgehead atoms. The van der Waals surface area contributed by atoms with Crippen molar-refractivity contribution in [1.82, 2.24) is 9.88 Å². The lowest BCUT2D eigenvalue weighted by Gasteiger charge is -2.44. The highest BCUT2D eigenvalue weighted by atomic mass is 16.5. The van der Waals surface area contributed by atoms with Gasteiger partial charge in [0.25, 0.3) is 5.91 Å². The highest BCUT2D eigenvalue weighted by Crippen LogP contribution is 2.41. The number of ether oxygens (including phenoxy) is 2. The minimum Gasteiger partial charge on any atom is -0.497 e. The summed E-state index contributed by atoms with van der Waals surface area (Å²) in [5.41, 5.74) is 0.848. The molecule has 1 fully saturated rings. The maximum atomic E-state index is 14.0. The molecule has 7 heteroatoms. The quantitative estimate of drug-likeness (QED) is 0.638. The SMILES string of the molecule is COc1ccc(OC)c(N2C(=O)c3cc4ccccc4n3C[C@@]2(C)C(=O)NC2CCCC2)c1. The molecule has 2 amide bonds. The highest BCUT2D eigenvalue weighted by Gasteiger charge is 2.50. The average molecular weight is 448 g/mol. The van der Waals surface area contributed by atoms with Crippen LogP contribution in [0, 0.1) is 0 Å². The van der Waals surface area contributed by atoms with Crippen LogP contribution in [0.25, 0.3) is 10.9 Å². The fourth-order valence-electron chi connectivity index (χ4n) is 5.21. The molecule has 0 radical (unpaired) electrons. The predicted molar refractivity (Wildman–Crippen MR) is 127 cm³/mol. The molecule has 33 heavy (non-hydrogen) atoms. The number of hydrogen-bond acceptors (Lipinski definition) is 4. The molecule has 2 aliphatic rings. The van der Waals surface area contributed by atoms with Gasteiger partial charge in [-0.15, -0.1) is 0 Å². The summed E-state index contributed by atoms with van der Waals surface area (Å²) in [5, 5.41) is 4.20. The smallest absolute Gasteiger partial charge is 0.276 e. The zero-order valence-corrected chi connectivity index (χ0v) is 19.3. The van der Waals surface area contributed by atoms with E-state index in [0.717, 1.165) is 36.6 Å². The second kappa shape index (κ2) is 8.14. The number of methoxy groups -OCH3 is 2. The molecule has 2 aromatic carbocycles. The lowest BCUT2D eigenvalue weighted by atomic mass is 9.93. The van der Waals surface area contributed by atoms with Gasteiger partial charge in [-0.3, -0.25) is 14.5 Å². The van der Waals surface area contributed by atoms with Crippen LogP contribution in [0.2, 0.25) is 0 Å². The normalized spacial score (nSPS) is 20.7. The molecule has 1 aliphatic heterocycles. The molecule has 7 nitrogen and oxygen atoms in total. The fourth-order valence-corrected chi connectivity index (χ4v) is 5.21. The van der Waals surface area contributed by atoms with Crippen LogP contribution >= 0.6 is 0 Å². The van der Waals surface area contributed by atoms with Crippen LogP contribution in [0.15, 0.2) is 48.5 Å². The minimum absolute atomic E-state index is 0.140. The minimum atomic E-state index is -1.16. The van der Waals surface area contributed by atoms with Gasteiger partial charge < -0.3 is 19.4 Å². The molecule has 172 valence electrons. The van der Waals surface area contributed by atoms with Gasteiger partial charge in [0.1, 0.15) is 22.7 Å². The average Bonchev–Trinajstić information content (AvgIpc) is 3.47. The molecular weight excluding hydrogens is 418 g/mol. The van der Waals surface area contributed by atoms with Gasteiger partial charge in [0.15, 0.2) is 0 Å². The summed E-state index contributed by atoms with van der Waals surface area (Å²) in [6.45, 7) is 2.17. The van der Waals surface area contributed by atoms with E-state index in [1.807, 2.05) is 41.8 Å². The van der Waals surface area contributed by atoms with Crippen LogP contribution in [0.1, 0.15) is 43.1 Å². The number of para-hydroxylation sites is 1. The van der Waals surface area contributed by atoms with Crippen molar-refractivity contribution >= 4 is 28.4 Å². The third kappa shape index (κ3) is 3.43. The summed E-state index contributed by atoms with van der Waals surface area (Å²) < 4.78 is 13.0. The van der Waals surface area contributed by atoms with E-state index in [2.05, 4.69) is 5.32 Å². The standard InChI is InChI=1S/C26H29N3O4/c1-26(25(31)27-18-9-5-6-10-18)16-28-20-11-7-4-8-17(20)14-22(28)24(30)29(26)21-15-19(32-2)12-13-23(21)33-3/h4,7-8,11-15,18H,5-6,9-10,16H2,1-3H3,(H,27,31)/t26-/m0/s1. The third-order valence-electron chi connectivity index (χ3n) is 7.00. The molecule has 1 atom stereocenters. The number of aromatic nitrogens is 1. The fraction of sp³-hybridized carbons (Fsp3) is 0.385. The van der Waals surface area contributed by atoms with Crippen molar-refractivity contribution in [2.75, 3.05) is 19.1 Å². The number of benzene rings is 2. The van der Waals surface area contributed by atoms with Gasteiger partial charge in [-0.05, 0) is 44.0 Å². The predicted octanol–water partition coefficient (Wildman–Crippen LogP) is 4.14. The Balaban J connectivity index is 1.68. The first-order valence-corrected chi connectivity index (χ1v) is 11.4. The van der Waals surface area contributed by atoms with Crippen LogP contribution in [0.3, 0.4) is 0 Å². The number of nitrogens with zero attached hydrogens (tertiary/aromatic N) is 2. The first-order valence-electron chi connectivity index (χ1n) is 11.4. The number of hydrogen-bond donors (Lipinski definition) is 1. The van der Waals surface area contributed by atoms with Crippen LogP contribution < -0.4 is 19.7 Å². The van der Waals surface area contributed by atoms with Crippen molar-refractivity contribution < 1.29 is 19.1 Å². The highest BCUT2D eigenvalue weighted by molar-refractivity contribution is 6.14. The van der Waals surface area contributed by atoms with Crippen LogP contribution in [-0.4, -0.2) is 42.2 Å². The lowest BCUT2D eigenvalue weighted by molar-refractivity contribution is -0.127. The van der Waals surface area contributed by atoms with Crippen molar-refractivity contribution in [1.29, 1.82) is 0 Å². The van der Waals surface area contributed by atoms with Gasteiger partial charge in [0.05, 0.1) is 26.5 Å². The Morgan fingerprint density at radius 3 is 2.55 bits per heavy atom. The van der Waals surface area contributed by atoms with Crippen molar-refractivity contribution in [2.24, 2.45) is 0 Å². The van der Waals surface area contributed by atoms with Gasteiger partial charge in [-0.25, -0.2) is 0 Å². The van der Waals surface area contributed by atoms with Gasteiger partial charge in [-0.1, -0.05) is 31.0 Å². The Morgan fingerprint density at radius 2 is 1.82 bits per heavy atom. The molecule has 2 heterocycles. The summed E-state index contributed by atoms with van der Waals surface area (Å²) in [4.78, 5) is 29.5. The van der Waals surface area contributed by atoms with E-state index in [1.54, 1.807) is 37.3 Å². The first kappa shape index (κ1) is 21.4. The van der Waals surface area contributed by atoms with Crippen molar-refractivity contribution in [3.63, 3.8) is 0 Å². The van der Waals surface area contributed by atoms with E-state index < -0.39 is 5.54 Å². The Morgan fingerprint density at radius 1 is 1.06 bits per heavy atom.